The van der Waals surface area contributed by atoms with Gasteiger partial charge in [-0.05, 0) is 48.7 Å². The average Bonchev–Trinajstić information content (AvgIpc) is 2.85. The van der Waals surface area contributed by atoms with Gasteiger partial charge in [0.15, 0.2) is 0 Å². The molecule has 1 aliphatic heterocycles. The number of anilines is 2. The molecule has 21 heavy (non-hydrogen) atoms. The lowest BCUT2D eigenvalue weighted by Crippen LogP contribution is -2.29. The van der Waals surface area contributed by atoms with Gasteiger partial charge in [-0.1, -0.05) is 12.1 Å². The van der Waals surface area contributed by atoms with Gasteiger partial charge in [-0.25, -0.2) is 12.8 Å². The zero-order valence-electron chi connectivity index (χ0n) is 11.5. The third kappa shape index (κ3) is 2.25. The maximum Gasteiger partial charge on any atom is 0.264 e. The summed E-state index contributed by atoms with van der Waals surface area (Å²) < 4.78 is 40.1. The molecule has 1 heterocycles. The lowest BCUT2D eigenvalue weighted by atomic mass is 10.2. The summed E-state index contributed by atoms with van der Waals surface area (Å²) >= 11 is 0. The van der Waals surface area contributed by atoms with Gasteiger partial charge < -0.3 is 5.73 Å². The lowest BCUT2D eigenvalue weighted by molar-refractivity contribution is 0.592. The molecule has 0 saturated carbocycles. The van der Waals surface area contributed by atoms with Crippen LogP contribution in [0.2, 0.25) is 0 Å². The molecule has 6 heteroatoms. The Balaban J connectivity index is 2.09. The predicted molar refractivity (Wildman–Crippen MR) is 80.2 cm³/mol. The highest BCUT2D eigenvalue weighted by Crippen LogP contribution is 2.34. The zero-order chi connectivity index (χ0) is 15.2. The van der Waals surface area contributed by atoms with E-state index in [1.807, 2.05) is 6.92 Å². The third-order valence-electron chi connectivity index (χ3n) is 3.74. The van der Waals surface area contributed by atoms with E-state index in [0.29, 0.717) is 24.3 Å². The Labute approximate surface area is 123 Å². The smallest absolute Gasteiger partial charge is 0.264 e. The fourth-order valence-corrected chi connectivity index (χ4v) is 4.01. The Kier molecular flexibility index (Phi) is 3.13. The molecule has 0 fully saturated rings. The second-order valence-corrected chi connectivity index (χ2v) is 6.98. The molecule has 2 N–H and O–H groups in total. The SMILES string of the molecule is Cc1ccc(S(=O)(=O)N2CCc3ccc(F)cc32)cc1N. The minimum absolute atomic E-state index is 0.128. The normalized spacial score (nSPS) is 14.3. The Morgan fingerprint density at radius 3 is 2.67 bits per heavy atom. The van der Waals surface area contributed by atoms with E-state index in [2.05, 4.69) is 0 Å². The van der Waals surface area contributed by atoms with Crippen LogP contribution in [0.5, 0.6) is 0 Å². The van der Waals surface area contributed by atoms with Gasteiger partial charge in [-0.3, -0.25) is 4.31 Å². The summed E-state index contributed by atoms with van der Waals surface area (Å²) in [7, 11) is -3.72. The first-order chi connectivity index (χ1) is 9.89. The summed E-state index contributed by atoms with van der Waals surface area (Å²) in [4.78, 5) is 0.128. The summed E-state index contributed by atoms with van der Waals surface area (Å²) in [6, 6.07) is 8.88. The standard InChI is InChI=1S/C15H15FN2O2S/c1-10-2-5-13(9-14(10)17)21(19,20)18-7-6-11-3-4-12(16)8-15(11)18/h2-5,8-9H,6-7,17H2,1H3. The fourth-order valence-electron chi connectivity index (χ4n) is 2.48. The van der Waals surface area contributed by atoms with Crippen LogP contribution >= 0.6 is 0 Å². The van der Waals surface area contributed by atoms with Crippen molar-refractivity contribution in [3.63, 3.8) is 0 Å². The van der Waals surface area contributed by atoms with Crippen molar-refractivity contribution in [3.05, 3.63) is 53.3 Å². The van der Waals surface area contributed by atoms with Crippen LogP contribution in [0.25, 0.3) is 0 Å². The number of nitrogens with two attached hydrogens (primary N) is 1. The molecular formula is C15H15FN2O2S. The third-order valence-corrected chi connectivity index (χ3v) is 5.55. The van der Waals surface area contributed by atoms with Gasteiger partial charge in [0.25, 0.3) is 10.0 Å². The van der Waals surface area contributed by atoms with Crippen molar-refractivity contribution >= 4 is 21.4 Å². The molecule has 0 atom stereocenters. The highest BCUT2D eigenvalue weighted by Gasteiger charge is 2.31. The van der Waals surface area contributed by atoms with E-state index in [4.69, 9.17) is 5.73 Å². The second kappa shape index (κ2) is 4.73. The maximum absolute atomic E-state index is 13.4. The number of nitrogens with zero attached hydrogens (tertiary/aromatic N) is 1. The molecule has 4 nitrogen and oxygen atoms in total. The van der Waals surface area contributed by atoms with Gasteiger partial charge in [0.1, 0.15) is 5.82 Å². The van der Waals surface area contributed by atoms with Crippen LogP contribution in [-0.4, -0.2) is 15.0 Å². The Morgan fingerprint density at radius 2 is 1.95 bits per heavy atom. The summed E-state index contributed by atoms with van der Waals surface area (Å²) in [6.07, 6.45) is 0.580. The molecular weight excluding hydrogens is 291 g/mol. The largest absolute Gasteiger partial charge is 0.398 e. The van der Waals surface area contributed by atoms with E-state index >= 15 is 0 Å². The van der Waals surface area contributed by atoms with Gasteiger partial charge in [-0.15, -0.1) is 0 Å². The van der Waals surface area contributed by atoms with Gasteiger partial charge in [0.05, 0.1) is 10.6 Å². The molecule has 0 unspecified atom stereocenters. The van der Waals surface area contributed by atoms with Crippen LogP contribution in [0.3, 0.4) is 0 Å². The minimum Gasteiger partial charge on any atom is -0.398 e. The number of hydrogen-bond donors (Lipinski definition) is 1. The molecule has 0 bridgehead atoms. The van der Waals surface area contributed by atoms with Crippen LogP contribution in [-0.2, 0) is 16.4 Å². The second-order valence-electron chi connectivity index (χ2n) is 5.12. The molecule has 0 spiro atoms. The minimum atomic E-state index is -3.72. The van der Waals surface area contributed by atoms with Gasteiger partial charge >= 0.3 is 0 Å². The van der Waals surface area contributed by atoms with Crippen molar-refractivity contribution in [2.75, 3.05) is 16.6 Å². The van der Waals surface area contributed by atoms with Crippen molar-refractivity contribution in [3.8, 4) is 0 Å². The van der Waals surface area contributed by atoms with Crippen molar-refractivity contribution < 1.29 is 12.8 Å². The van der Waals surface area contributed by atoms with Crippen molar-refractivity contribution in [2.24, 2.45) is 0 Å². The zero-order valence-corrected chi connectivity index (χ0v) is 12.3. The first-order valence-corrected chi connectivity index (χ1v) is 8.01. The molecule has 3 rings (SSSR count). The van der Waals surface area contributed by atoms with Gasteiger partial charge in [0.2, 0.25) is 0 Å². The number of sulfonamides is 1. The molecule has 110 valence electrons. The van der Waals surface area contributed by atoms with E-state index in [1.165, 1.54) is 28.6 Å². The molecule has 0 amide bonds. The number of benzene rings is 2. The lowest BCUT2D eigenvalue weighted by Gasteiger charge is -2.20. The first kappa shape index (κ1) is 13.9. The highest BCUT2D eigenvalue weighted by atomic mass is 32.2. The predicted octanol–water partition coefficient (Wildman–Crippen LogP) is 2.47. The summed E-state index contributed by atoms with van der Waals surface area (Å²) in [5.41, 5.74) is 8.28. The van der Waals surface area contributed by atoms with Crippen LogP contribution in [0.4, 0.5) is 15.8 Å². The van der Waals surface area contributed by atoms with Crippen LogP contribution in [0.15, 0.2) is 41.3 Å². The summed E-state index contributed by atoms with van der Waals surface area (Å²) in [6.45, 7) is 2.13. The molecule has 0 saturated heterocycles. The molecule has 2 aromatic carbocycles. The Morgan fingerprint density at radius 1 is 1.19 bits per heavy atom. The number of hydrogen-bond acceptors (Lipinski definition) is 3. The van der Waals surface area contributed by atoms with E-state index in [-0.39, 0.29) is 4.90 Å². The maximum atomic E-state index is 13.4. The van der Waals surface area contributed by atoms with Crippen LogP contribution in [0.1, 0.15) is 11.1 Å². The van der Waals surface area contributed by atoms with Crippen molar-refractivity contribution in [2.45, 2.75) is 18.2 Å². The number of rotatable bonds is 2. The Bertz CT molecular complexity index is 818. The summed E-state index contributed by atoms with van der Waals surface area (Å²) in [5.74, 6) is -0.445. The fraction of sp³-hybridized carbons (Fsp3) is 0.200. The van der Waals surface area contributed by atoms with E-state index < -0.39 is 15.8 Å². The summed E-state index contributed by atoms with van der Waals surface area (Å²) in [5, 5.41) is 0. The molecule has 1 aliphatic rings. The average molecular weight is 306 g/mol. The molecule has 0 aromatic heterocycles. The van der Waals surface area contributed by atoms with Gasteiger partial charge in [-0.2, -0.15) is 0 Å². The van der Waals surface area contributed by atoms with Crippen LogP contribution in [0, 0.1) is 12.7 Å². The highest BCUT2D eigenvalue weighted by molar-refractivity contribution is 7.92. The van der Waals surface area contributed by atoms with Crippen LogP contribution < -0.4 is 10.0 Å². The van der Waals surface area contributed by atoms with Gasteiger partial charge in [0, 0.05) is 12.2 Å². The number of halogens is 1. The number of nitrogen functional groups attached to an aromatic ring is 1. The van der Waals surface area contributed by atoms with E-state index in [1.54, 1.807) is 12.1 Å². The van der Waals surface area contributed by atoms with E-state index in [0.717, 1.165) is 11.1 Å². The van der Waals surface area contributed by atoms with Crippen molar-refractivity contribution in [1.29, 1.82) is 0 Å². The number of fused-ring (bicyclic) bond motifs is 1. The molecule has 0 aliphatic carbocycles. The topological polar surface area (TPSA) is 63.4 Å². The first-order valence-electron chi connectivity index (χ1n) is 6.57. The van der Waals surface area contributed by atoms with Crippen molar-refractivity contribution in [1.82, 2.24) is 0 Å². The van der Waals surface area contributed by atoms with E-state index in [9.17, 15) is 12.8 Å². The Hall–Kier alpha value is -2.08. The monoisotopic (exact) mass is 306 g/mol. The molecule has 0 radical (unpaired) electrons. The molecule has 2 aromatic rings. The quantitative estimate of drug-likeness (QED) is 0.867. The number of aryl methyl sites for hydroxylation is 1.